The molecule has 1 aromatic rings. The summed E-state index contributed by atoms with van der Waals surface area (Å²) >= 11 is 0. The summed E-state index contributed by atoms with van der Waals surface area (Å²) in [6.07, 6.45) is 7.10. The highest BCUT2D eigenvalue weighted by Crippen LogP contribution is 2.62. The molecule has 31 heavy (non-hydrogen) atoms. The maximum absolute atomic E-state index is 13.7. The number of ether oxygens (including phenoxy) is 1. The standard InChI is InChI=1S/C24H30N4O3/c1-27-11-8-16(13-20(27)29)15-4-5-17-14-23(9-6-18(31-3)7-10-23)24(19(17)12-15)21(30)28(2)22(25)26-24/h4-5,8,12,18H,6-7,9-11,13-14H2,1-3H3,(H2,25,26). The van der Waals surface area contributed by atoms with Crippen LogP contribution < -0.4 is 5.73 Å². The van der Waals surface area contributed by atoms with Crippen LogP contribution in [-0.2, 0) is 26.3 Å². The number of fused-ring (bicyclic) bond motifs is 3. The van der Waals surface area contributed by atoms with Crippen LogP contribution in [0.25, 0.3) is 5.57 Å². The molecular formula is C24H30N4O3. The van der Waals surface area contributed by atoms with Crippen LogP contribution in [0, 0.1) is 5.41 Å². The van der Waals surface area contributed by atoms with Gasteiger partial charge in [-0.3, -0.25) is 14.5 Å². The molecule has 2 N–H and O–H groups in total. The van der Waals surface area contributed by atoms with Crippen molar-refractivity contribution >= 4 is 23.3 Å². The highest BCUT2D eigenvalue weighted by atomic mass is 16.5. The van der Waals surface area contributed by atoms with Gasteiger partial charge in [0, 0.05) is 33.2 Å². The number of carbonyl (C=O) groups excluding carboxylic acids is 2. The van der Waals surface area contributed by atoms with Crippen molar-refractivity contribution in [1.29, 1.82) is 0 Å². The van der Waals surface area contributed by atoms with Gasteiger partial charge in [0.05, 0.1) is 12.5 Å². The molecule has 164 valence electrons. The third-order valence-electron chi connectivity index (χ3n) is 8.01. The van der Waals surface area contributed by atoms with Crippen molar-refractivity contribution in [2.75, 3.05) is 27.7 Å². The summed E-state index contributed by atoms with van der Waals surface area (Å²) in [4.78, 5) is 34.1. The van der Waals surface area contributed by atoms with Gasteiger partial charge in [-0.15, -0.1) is 0 Å². The Morgan fingerprint density at radius 1 is 1.19 bits per heavy atom. The van der Waals surface area contributed by atoms with E-state index in [1.54, 1.807) is 19.1 Å². The lowest BCUT2D eigenvalue weighted by atomic mass is 9.61. The molecule has 5 rings (SSSR count). The second-order valence-electron chi connectivity index (χ2n) is 9.49. The van der Waals surface area contributed by atoms with E-state index in [2.05, 4.69) is 24.3 Å². The predicted octanol–water partition coefficient (Wildman–Crippen LogP) is 2.05. The second-order valence-corrected chi connectivity index (χ2v) is 9.49. The molecule has 7 heteroatoms. The maximum atomic E-state index is 13.7. The van der Waals surface area contributed by atoms with E-state index in [9.17, 15) is 9.59 Å². The van der Waals surface area contributed by atoms with Crippen LogP contribution in [0.15, 0.2) is 29.3 Å². The van der Waals surface area contributed by atoms with Gasteiger partial charge >= 0.3 is 0 Å². The first-order valence-electron chi connectivity index (χ1n) is 11.0. The van der Waals surface area contributed by atoms with E-state index in [-0.39, 0.29) is 29.3 Å². The van der Waals surface area contributed by atoms with Crippen LogP contribution >= 0.6 is 0 Å². The molecule has 7 nitrogen and oxygen atoms in total. The molecule has 2 aliphatic heterocycles. The number of likely N-dealkylation sites (N-methyl/N-ethyl adjacent to an activating group) is 2. The molecule has 0 radical (unpaired) electrons. The smallest absolute Gasteiger partial charge is 0.262 e. The molecule has 1 saturated carbocycles. The van der Waals surface area contributed by atoms with Crippen molar-refractivity contribution in [3.63, 3.8) is 0 Å². The highest BCUT2D eigenvalue weighted by molar-refractivity contribution is 6.08. The summed E-state index contributed by atoms with van der Waals surface area (Å²) in [5, 5.41) is 0. The fourth-order valence-electron chi connectivity index (χ4n) is 6.06. The molecule has 0 aromatic heterocycles. The Balaban J connectivity index is 1.62. The summed E-state index contributed by atoms with van der Waals surface area (Å²) in [6.45, 7) is 0.603. The number of hydrogen-bond donors (Lipinski definition) is 1. The summed E-state index contributed by atoms with van der Waals surface area (Å²) in [6, 6.07) is 6.32. The quantitative estimate of drug-likeness (QED) is 0.790. The van der Waals surface area contributed by atoms with Crippen molar-refractivity contribution in [1.82, 2.24) is 9.80 Å². The van der Waals surface area contributed by atoms with Gasteiger partial charge in [-0.1, -0.05) is 18.2 Å². The number of benzene rings is 1. The van der Waals surface area contributed by atoms with Crippen LogP contribution in [-0.4, -0.2) is 61.4 Å². The van der Waals surface area contributed by atoms with Gasteiger partial charge in [0.15, 0.2) is 11.5 Å². The van der Waals surface area contributed by atoms with Crippen molar-refractivity contribution in [2.45, 2.75) is 50.2 Å². The Hall–Kier alpha value is -2.67. The number of nitrogens with zero attached hydrogens (tertiary/aromatic N) is 3. The molecule has 4 aliphatic rings. The summed E-state index contributed by atoms with van der Waals surface area (Å²) < 4.78 is 5.61. The molecule has 0 bridgehead atoms. The topological polar surface area (TPSA) is 88.2 Å². The first-order chi connectivity index (χ1) is 14.8. The Labute approximate surface area is 182 Å². The highest BCUT2D eigenvalue weighted by Gasteiger charge is 2.66. The molecule has 1 fully saturated rings. The minimum absolute atomic E-state index is 0.0369. The molecule has 0 saturated heterocycles. The number of nitrogens with two attached hydrogens (primary N) is 1. The summed E-state index contributed by atoms with van der Waals surface area (Å²) in [7, 11) is 5.29. The van der Waals surface area contributed by atoms with Crippen LogP contribution in [0.1, 0.15) is 48.8 Å². The van der Waals surface area contributed by atoms with Crippen LogP contribution in [0.4, 0.5) is 0 Å². The number of methoxy groups -OCH3 is 1. The van der Waals surface area contributed by atoms with Gasteiger partial charge < -0.3 is 15.4 Å². The van der Waals surface area contributed by atoms with Crippen molar-refractivity contribution in [3.05, 3.63) is 41.0 Å². The molecule has 2 spiro atoms. The Morgan fingerprint density at radius 3 is 2.55 bits per heavy atom. The Kier molecular flexibility index (Phi) is 4.52. The van der Waals surface area contributed by atoms with Crippen LogP contribution in [0.2, 0.25) is 0 Å². The van der Waals surface area contributed by atoms with Crippen molar-refractivity contribution < 1.29 is 14.3 Å². The third-order valence-corrected chi connectivity index (χ3v) is 8.01. The lowest BCUT2D eigenvalue weighted by molar-refractivity contribution is -0.137. The van der Waals surface area contributed by atoms with E-state index in [0.717, 1.165) is 48.8 Å². The summed E-state index contributed by atoms with van der Waals surface area (Å²) in [5.41, 5.74) is 9.08. The fourth-order valence-corrected chi connectivity index (χ4v) is 6.06. The molecule has 1 aromatic carbocycles. The SMILES string of the molecule is COC1CCC2(CC1)Cc1ccc(C3=CCN(C)C(=O)C3)cc1C21N=C(N)N(C)C1=O. The molecule has 2 aliphatic carbocycles. The predicted molar refractivity (Wildman–Crippen MR) is 118 cm³/mol. The van der Waals surface area contributed by atoms with Gasteiger partial charge in [0.25, 0.3) is 5.91 Å². The average molecular weight is 423 g/mol. The van der Waals surface area contributed by atoms with Gasteiger partial charge in [0.2, 0.25) is 5.91 Å². The summed E-state index contributed by atoms with van der Waals surface area (Å²) in [5.74, 6) is 0.358. The van der Waals surface area contributed by atoms with Gasteiger partial charge in [-0.05, 0) is 60.4 Å². The number of amides is 2. The number of carbonyl (C=O) groups is 2. The largest absolute Gasteiger partial charge is 0.381 e. The van der Waals surface area contributed by atoms with E-state index in [0.29, 0.717) is 13.0 Å². The first-order valence-corrected chi connectivity index (χ1v) is 11.0. The molecule has 2 amide bonds. The van der Waals surface area contributed by atoms with E-state index >= 15 is 0 Å². The van der Waals surface area contributed by atoms with Crippen LogP contribution in [0.5, 0.6) is 0 Å². The lowest BCUT2D eigenvalue weighted by Gasteiger charge is -2.45. The number of hydrogen-bond acceptors (Lipinski definition) is 5. The Bertz CT molecular complexity index is 1020. The zero-order valence-electron chi connectivity index (χ0n) is 18.5. The number of guanidine groups is 1. The first kappa shape index (κ1) is 20.2. The number of rotatable bonds is 2. The second kappa shape index (κ2) is 6.92. The normalized spacial score (nSPS) is 32.7. The van der Waals surface area contributed by atoms with E-state index in [1.165, 1.54) is 10.5 Å². The zero-order valence-corrected chi connectivity index (χ0v) is 18.5. The minimum atomic E-state index is -0.980. The lowest BCUT2D eigenvalue weighted by Crippen LogP contribution is -2.51. The third kappa shape index (κ3) is 2.72. The van der Waals surface area contributed by atoms with Gasteiger partial charge in [0.1, 0.15) is 0 Å². The van der Waals surface area contributed by atoms with Gasteiger partial charge in [-0.2, -0.15) is 0 Å². The maximum Gasteiger partial charge on any atom is 0.262 e. The molecular weight excluding hydrogens is 392 g/mol. The monoisotopic (exact) mass is 422 g/mol. The van der Waals surface area contributed by atoms with E-state index in [1.807, 2.05) is 7.05 Å². The van der Waals surface area contributed by atoms with Crippen molar-refractivity contribution in [2.24, 2.45) is 16.1 Å². The van der Waals surface area contributed by atoms with Crippen LogP contribution in [0.3, 0.4) is 0 Å². The van der Waals surface area contributed by atoms with E-state index in [4.69, 9.17) is 15.5 Å². The van der Waals surface area contributed by atoms with E-state index < -0.39 is 5.54 Å². The average Bonchev–Trinajstić information content (AvgIpc) is 3.17. The molecule has 2 heterocycles. The fraction of sp³-hybridized carbons (Fsp3) is 0.542. The molecule has 1 atom stereocenters. The minimum Gasteiger partial charge on any atom is -0.381 e. The van der Waals surface area contributed by atoms with Gasteiger partial charge in [-0.25, -0.2) is 4.99 Å². The van der Waals surface area contributed by atoms with Crippen molar-refractivity contribution in [3.8, 4) is 0 Å². The number of aliphatic imine (C=N–C) groups is 1. The zero-order chi connectivity index (χ0) is 22.0. The molecule has 1 unspecified atom stereocenters. The Morgan fingerprint density at radius 2 is 1.94 bits per heavy atom.